The molecule has 0 fully saturated rings. The molecule has 96 valence electrons. The fraction of sp³-hybridized carbons (Fsp3) is 0.571. The van der Waals surface area contributed by atoms with Crippen molar-refractivity contribution in [1.82, 2.24) is 0 Å². The number of hydrogen-bond acceptors (Lipinski definition) is 3. The van der Waals surface area contributed by atoms with E-state index in [0.29, 0.717) is 6.61 Å². The first-order valence-corrected chi connectivity index (χ1v) is 7.32. The smallest absolute Gasteiger partial charge is 0.0431 e. The van der Waals surface area contributed by atoms with Crippen molar-refractivity contribution in [2.45, 2.75) is 43.5 Å². The summed E-state index contributed by atoms with van der Waals surface area (Å²) >= 11 is 1.89. The topological polar surface area (TPSA) is 46.2 Å². The average molecular weight is 253 g/mol. The van der Waals surface area contributed by atoms with Crippen LogP contribution in [0.3, 0.4) is 0 Å². The van der Waals surface area contributed by atoms with E-state index in [0.717, 1.165) is 18.6 Å². The number of nitrogens with two attached hydrogens (primary N) is 1. The standard InChI is InChI=1S/C14H23NOS/c1-12(15)13-7-6-8-14(11-13)17-10-5-3-2-4-9-16/h6-8,11-12,16H,2-5,9-10,15H2,1H3. The second-order valence-corrected chi connectivity index (χ2v) is 5.52. The maximum absolute atomic E-state index is 8.67. The van der Waals surface area contributed by atoms with Crippen molar-refractivity contribution in [2.75, 3.05) is 12.4 Å². The Hall–Kier alpha value is -0.510. The first-order valence-electron chi connectivity index (χ1n) is 6.33. The van der Waals surface area contributed by atoms with Gasteiger partial charge in [-0.3, -0.25) is 0 Å². The van der Waals surface area contributed by atoms with E-state index in [4.69, 9.17) is 10.8 Å². The highest BCUT2D eigenvalue weighted by molar-refractivity contribution is 7.99. The average Bonchev–Trinajstić information content (AvgIpc) is 2.34. The van der Waals surface area contributed by atoms with Crippen LogP contribution < -0.4 is 5.73 Å². The van der Waals surface area contributed by atoms with Crippen molar-refractivity contribution < 1.29 is 5.11 Å². The summed E-state index contributed by atoms with van der Waals surface area (Å²) in [6.45, 7) is 2.34. The van der Waals surface area contributed by atoms with Crippen LogP contribution in [0.1, 0.15) is 44.2 Å². The Labute approximate surface area is 109 Å². The fourth-order valence-corrected chi connectivity index (χ4v) is 2.62. The predicted molar refractivity (Wildman–Crippen MR) is 75.3 cm³/mol. The third kappa shape index (κ3) is 6.10. The van der Waals surface area contributed by atoms with E-state index in [-0.39, 0.29) is 6.04 Å². The summed E-state index contributed by atoms with van der Waals surface area (Å²) in [4.78, 5) is 1.31. The molecular formula is C14H23NOS. The van der Waals surface area contributed by atoms with Gasteiger partial charge in [0.1, 0.15) is 0 Å². The van der Waals surface area contributed by atoms with Crippen molar-refractivity contribution in [3.8, 4) is 0 Å². The minimum Gasteiger partial charge on any atom is -0.396 e. The van der Waals surface area contributed by atoms with Crippen LogP contribution >= 0.6 is 11.8 Å². The summed E-state index contributed by atoms with van der Waals surface area (Å²) in [6.07, 6.45) is 4.50. The van der Waals surface area contributed by atoms with E-state index < -0.39 is 0 Å². The molecule has 0 aliphatic carbocycles. The molecule has 1 aromatic carbocycles. The summed E-state index contributed by atoms with van der Waals surface area (Å²) in [6, 6.07) is 8.59. The van der Waals surface area contributed by atoms with E-state index in [9.17, 15) is 0 Å². The Balaban J connectivity index is 2.24. The normalized spacial score (nSPS) is 12.6. The zero-order valence-corrected chi connectivity index (χ0v) is 11.4. The van der Waals surface area contributed by atoms with Crippen molar-refractivity contribution in [3.63, 3.8) is 0 Å². The van der Waals surface area contributed by atoms with Crippen LogP contribution in [0.15, 0.2) is 29.2 Å². The maximum atomic E-state index is 8.67. The second kappa shape index (κ2) is 8.56. The lowest BCUT2D eigenvalue weighted by molar-refractivity contribution is 0.283. The van der Waals surface area contributed by atoms with Gasteiger partial charge in [0.2, 0.25) is 0 Å². The molecule has 0 spiro atoms. The predicted octanol–water partition coefficient (Wildman–Crippen LogP) is 3.35. The summed E-state index contributed by atoms with van der Waals surface area (Å²) < 4.78 is 0. The summed E-state index contributed by atoms with van der Waals surface area (Å²) in [5.74, 6) is 1.15. The van der Waals surface area contributed by atoms with Gasteiger partial charge in [0.15, 0.2) is 0 Å². The quantitative estimate of drug-likeness (QED) is 0.551. The van der Waals surface area contributed by atoms with Gasteiger partial charge in [-0.2, -0.15) is 0 Å². The van der Waals surface area contributed by atoms with Crippen LogP contribution in [-0.4, -0.2) is 17.5 Å². The number of thioether (sulfide) groups is 1. The maximum Gasteiger partial charge on any atom is 0.0431 e. The van der Waals surface area contributed by atoms with E-state index in [1.54, 1.807) is 0 Å². The van der Waals surface area contributed by atoms with E-state index in [1.165, 1.54) is 23.3 Å². The Morgan fingerprint density at radius 3 is 2.71 bits per heavy atom. The lowest BCUT2D eigenvalue weighted by Crippen LogP contribution is -2.04. The molecule has 0 radical (unpaired) electrons. The molecule has 0 aromatic heterocycles. The minimum absolute atomic E-state index is 0.111. The Morgan fingerprint density at radius 2 is 2.00 bits per heavy atom. The molecule has 0 amide bonds. The van der Waals surface area contributed by atoms with E-state index in [2.05, 4.69) is 24.3 Å². The van der Waals surface area contributed by atoms with Crippen molar-refractivity contribution >= 4 is 11.8 Å². The highest BCUT2D eigenvalue weighted by Gasteiger charge is 2.00. The van der Waals surface area contributed by atoms with Crippen molar-refractivity contribution in [1.29, 1.82) is 0 Å². The first-order chi connectivity index (χ1) is 8.24. The van der Waals surface area contributed by atoms with Gasteiger partial charge in [-0.25, -0.2) is 0 Å². The molecular weight excluding hydrogens is 230 g/mol. The van der Waals surface area contributed by atoms with Gasteiger partial charge in [0.25, 0.3) is 0 Å². The molecule has 0 saturated heterocycles. The molecule has 0 saturated carbocycles. The highest BCUT2D eigenvalue weighted by Crippen LogP contribution is 2.22. The van der Waals surface area contributed by atoms with Crippen LogP contribution in [0.5, 0.6) is 0 Å². The zero-order chi connectivity index (χ0) is 12.5. The molecule has 2 nitrogen and oxygen atoms in total. The number of aliphatic hydroxyl groups is 1. The zero-order valence-electron chi connectivity index (χ0n) is 10.6. The Morgan fingerprint density at radius 1 is 1.24 bits per heavy atom. The first kappa shape index (κ1) is 14.6. The highest BCUT2D eigenvalue weighted by atomic mass is 32.2. The second-order valence-electron chi connectivity index (χ2n) is 4.35. The number of unbranched alkanes of at least 4 members (excludes halogenated alkanes) is 3. The molecule has 0 heterocycles. The van der Waals surface area contributed by atoms with Gasteiger partial charge in [-0.15, -0.1) is 11.8 Å². The molecule has 1 unspecified atom stereocenters. The third-order valence-corrected chi connectivity index (χ3v) is 3.79. The molecule has 3 heteroatoms. The number of benzene rings is 1. The molecule has 17 heavy (non-hydrogen) atoms. The largest absolute Gasteiger partial charge is 0.396 e. The van der Waals surface area contributed by atoms with Gasteiger partial charge in [-0.1, -0.05) is 25.0 Å². The third-order valence-electron chi connectivity index (χ3n) is 2.71. The van der Waals surface area contributed by atoms with Gasteiger partial charge >= 0.3 is 0 Å². The van der Waals surface area contributed by atoms with Crippen LogP contribution in [0.2, 0.25) is 0 Å². The monoisotopic (exact) mass is 253 g/mol. The molecule has 0 bridgehead atoms. The molecule has 3 N–H and O–H groups in total. The summed E-state index contributed by atoms with van der Waals surface area (Å²) in [5.41, 5.74) is 7.06. The van der Waals surface area contributed by atoms with Crippen LogP contribution in [0.25, 0.3) is 0 Å². The van der Waals surface area contributed by atoms with Crippen molar-refractivity contribution in [2.24, 2.45) is 5.73 Å². The van der Waals surface area contributed by atoms with Crippen LogP contribution in [0, 0.1) is 0 Å². The van der Waals surface area contributed by atoms with Crippen LogP contribution in [-0.2, 0) is 0 Å². The fourth-order valence-electron chi connectivity index (χ4n) is 1.64. The number of aliphatic hydroxyl groups excluding tert-OH is 1. The van der Waals surface area contributed by atoms with Gasteiger partial charge < -0.3 is 10.8 Å². The molecule has 0 aliphatic heterocycles. The number of rotatable bonds is 8. The molecule has 1 rings (SSSR count). The van der Waals surface area contributed by atoms with Gasteiger partial charge in [-0.05, 0) is 43.2 Å². The SMILES string of the molecule is CC(N)c1cccc(SCCCCCCO)c1. The molecule has 0 aliphatic rings. The van der Waals surface area contributed by atoms with E-state index >= 15 is 0 Å². The lowest BCUT2D eigenvalue weighted by Gasteiger charge is -2.07. The summed E-state index contributed by atoms with van der Waals surface area (Å²) in [5, 5.41) is 8.67. The Kier molecular flexibility index (Phi) is 7.33. The van der Waals surface area contributed by atoms with Crippen LogP contribution in [0.4, 0.5) is 0 Å². The van der Waals surface area contributed by atoms with Gasteiger partial charge in [0, 0.05) is 17.5 Å². The van der Waals surface area contributed by atoms with E-state index in [1.807, 2.05) is 18.7 Å². The minimum atomic E-state index is 0.111. The summed E-state index contributed by atoms with van der Waals surface area (Å²) in [7, 11) is 0. The molecule has 1 atom stereocenters. The number of hydrogen-bond donors (Lipinski definition) is 2. The Bertz CT molecular complexity index is 315. The lowest BCUT2D eigenvalue weighted by atomic mass is 10.1. The van der Waals surface area contributed by atoms with Crippen molar-refractivity contribution in [3.05, 3.63) is 29.8 Å². The van der Waals surface area contributed by atoms with Gasteiger partial charge in [0.05, 0.1) is 0 Å². The molecule has 1 aromatic rings.